The molecule has 2 rings (SSSR count). The van der Waals surface area contributed by atoms with Gasteiger partial charge in [0.25, 0.3) is 0 Å². The van der Waals surface area contributed by atoms with Crippen LogP contribution in [-0.2, 0) is 6.54 Å². The molecule has 2 heterocycles. The molecule has 16 heavy (non-hydrogen) atoms. The van der Waals surface area contributed by atoms with Crippen molar-refractivity contribution in [2.24, 2.45) is 11.7 Å². The Labute approximate surface area is 103 Å². The van der Waals surface area contributed by atoms with Gasteiger partial charge >= 0.3 is 0 Å². The van der Waals surface area contributed by atoms with E-state index in [9.17, 15) is 0 Å². The minimum atomic E-state index is 0.116. The number of fused-ring (bicyclic) bond motifs is 1. The molecule has 0 saturated carbocycles. The molecule has 0 amide bonds. The number of nitrogens with two attached hydrogens (primary N) is 1. The lowest BCUT2D eigenvalue weighted by atomic mass is 10.2. The van der Waals surface area contributed by atoms with E-state index in [0.29, 0.717) is 16.6 Å². The van der Waals surface area contributed by atoms with Crippen molar-refractivity contribution in [2.45, 2.75) is 13.5 Å². The van der Waals surface area contributed by atoms with E-state index in [4.69, 9.17) is 29.6 Å². The van der Waals surface area contributed by atoms with E-state index in [2.05, 4.69) is 9.97 Å². The van der Waals surface area contributed by atoms with Crippen LogP contribution < -0.4 is 5.73 Å². The number of thiocarbonyl (C=S) groups is 1. The molecule has 0 aliphatic rings. The van der Waals surface area contributed by atoms with Crippen LogP contribution in [0.4, 0.5) is 0 Å². The zero-order valence-electron chi connectivity index (χ0n) is 8.72. The normalized spacial score (nSPS) is 12.9. The molecule has 0 aromatic carbocycles. The van der Waals surface area contributed by atoms with Crippen LogP contribution in [0.1, 0.15) is 6.92 Å². The Morgan fingerprint density at radius 1 is 1.62 bits per heavy atom. The van der Waals surface area contributed by atoms with Crippen LogP contribution in [0.5, 0.6) is 0 Å². The van der Waals surface area contributed by atoms with Crippen molar-refractivity contribution in [3.63, 3.8) is 0 Å². The van der Waals surface area contributed by atoms with Gasteiger partial charge in [-0.1, -0.05) is 30.7 Å². The Hall–Kier alpha value is -1.20. The van der Waals surface area contributed by atoms with Gasteiger partial charge in [0, 0.05) is 18.7 Å². The van der Waals surface area contributed by atoms with Crippen LogP contribution in [0.15, 0.2) is 18.6 Å². The van der Waals surface area contributed by atoms with Crippen molar-refractivity contribution in [1.29, 1.82) is 0 Å². The van der Waals surface area contributed by atoms with Gasteiger partial charge in [0.2, 0.25) is 0 Å². The van der Waals surface area contributed by atoms with Gasteiger partial charge in [0.15, 0.2) is 5.65 Å². The number of imidazole rings is 1. The van der Waals surface area contributed by atoms with E-state index in [1.54, 1.807) is 18.6 Å². The molecule has 6 heteroatoms. The SMILES string of the molecule is CC(Cn1cnc2cc(Cl)cnc21)C(N)=S. The van der Waals surface area contributed by atoms with Crippen molar-refractivity contribution < 1.29 is 0 Å². The molecule has 84 valence electrons. The van der Waals surface area contributed by atoms with E-state index < -0.39 is 0 Å². The number of pyridine rings is 1. The summed E-state index contributed by atoms with van der Waals surface area (Å²) in [6.45, 7) is 2.66. The van der Waals surface area contributed by atoms with E-state index in [1.165, 1.54) is 0 Å². The summed E-state index contributed by atoms with van der Waals surface area (Å²) in [5, 5.41) is 0.583. The third-order valence-electron chi connectivity index (χ3n) is 2.38. The maximum absolute atomic E-state index is 5.83. The molecule has 2 aromatic heterocycles. The van der Waals surface area contributed by atoms with Crippen molar-refractivity contribution in [2.75, 3.05) is 0 Å². The maximum Gasteiger partial charge on any atom is 0.159 e. The number of hydrogen-bond acceptors (Lipinski definition) is 3. The van der Waals surface area contributed by atoms with Crippen LogP contribution in [-0.4, -0.2) is 19.5 Å². The smallest absolute Gasteiger partial charge is 0.159 e. The molecule has 0 bridgehead atoms. The Bertz CT molecular complexity index is 537. The van der Waals surface area contributed by atoms with Crippen LogP contribution >= 0.6 is 23.8 Å². The molecule has 0 spiro atoms. The summed E-state index contributed by atoms with van der Waals surface area (Å²) < 4.78 is 1.93. The van der Waals surface area contributed by atoms with Crippen LogP contribution in [0.3, 0.4) is 0 Å². The highest BCUT2D eigenvalue weighted by molar-refractivity contribution is 7.80. The van der Waals surface area contributed by atoms with E-state index >= 15 is 0 Å². The first-order valence-corrected chi connectivity index (χ1v) is 5.62. The first-order valence-electron chi connectivity index (χ1n) is 4.83. The number of aromatic nitrogens is 3. The fraction of sp³-hybridized carbons (Fsp3) is 0.300. The van der Waals surface area contributed by atoms with Crippen LogP contribution in [0.2, 0.25) is 5.02 Å². The largest absolute Gasteiger partial charge is 0.393 e. The van der Waals surface area contributed by atoms with Crippen molar-refractivity contribution in [3.8, 4) is 0 Å². The van der Waals surface area contributed by atoms with Gasteiger partial charge in [-0.2, -0.15) is 0 Å². The molecule has 2 N–H and O–H groups in total. The highest BCUT2D eigenvalue weighted by atomic mass is 35.5. The fourth-order valence-electron chi connectivity index (χ4n) is 1.44. The third kappa shape index (κ3) is 2.15. The van der Waals surface area contributed by atoms with Gasteiger partial charge in [-0.25, -0.2) is 9.97 Å². The van der Waals surface area contributed by atoms with Gasteiger partial charge < -0.3 is 10.3 Å². The number of nitrogens with zero attached hydrogens (tertiary/aromatic N) is 3. The molecule has 0 aliphatic heterocycles. The average molecular weight is 255 g/mol. The van der Waals surface area contributed by atoms with Crippen molar-refractivity contribution in [1.82, 2.24) is 14.5 Å². The van der Waals surface area contributed by atoms with Gasteiger partial charge in [-0.3, -0.25) is 0 Å². The molecule has 0 fully saturated rings. The molecule has 0 saturated heterocycles. The van der Waals surface area contributed by atoms with Crippen LogP contribution in [0, 0.1) is 5.92 Å². The predicted molar refractivity (Wildman–Crippen MR) is 68.5 cm³/mol. The summed E-state index contributed by atoms with van der Waals surface area (Å²) in [5.41, 5.74) is 7.16. The predicted octanol–water partition coefficient (Wildman–Crippen LogP) is 2.01. The lowest BCUT2D eigenvalue weighted by Crippen LogP contribution is -2.22. The van der Waals surface area contributed by atoms with Crippen molar-refractivity contribution in [3.05, 3.63) is 23.6 Å². The lowest BCUT2D eigenvalue weighted by molar-refractivity contribution is 0.608. The number of halogens is 1. The minimum absolute atomic E-state index is 0.116. The zero-order chi connectivity index (χ0) is 11.7. The quantitative estimate of drug-likeness (QED) is 0.852. The second-order valence-corrected chi connectivity index (χ2v) is 4.60. The number of hydrogen-bond donors (Lipinski definition) is 1. The molecule has 4 nitrogen and oxygen atoms in total. The first-order chi connectivity index (χ1) is 7.58. The summed E-state index contributed by atoms with van der Waals surface area (Å²) in [6, 6.07) is 1.78. The van der Waals surface area contributed by atoms with Crippen molar-refractivity contribution >= 4 is 40.0 Å². The van der Waals surface area contributed by atoms with E-state index in [0.717, 1.165) is 11.2 Å². The highest BCUT2D eigenvalue weighted by Crippen LogP contribution is 2.16. The van der Waals surface area contributed by atoms with Gasteiger partial charge in [0.1, 0.15) is 5.52 Å². The Morgan fingerprint density at radius 3 is 3.06 bits per heavy atom. The van der Waals surface area contributed by atoms with Gasteiger partial charge in [0.05, 0.1) is 16.3 Å². The topological polar surface area (TPSA) is 56.7 Å². The minimum Gasteiger partial charge on any atom is -0.393 e. The molecular formula is C10H11ClN4S. The molecular weight excluding hydrogens is 244 g/mol. The van der Waals surface area contributed by atoms with Gasteiger partial charge in [-0.15, -0.1) is 0 Å². The Kier molecular flexibility index (Phi) is 3.07. The number of rotatable bonds is 3. The zero-order valence-corrected chi connectivity index (χ0v) is 10.3. The van der Waals surface area contributed by atoms with E-state index in [-0.39, 0.29) is 5.92 Å². The molecule has 0 radical (unpaired) electrons. The summed E-state index contributed by atoms with van der Waals surface area (Å²) in [6.07, 6.45) is 3.33. The Balaban J connectivity index is 2.35. The second-order valence-electron chi connectivity index (χ2n) is 3.70. The fourth-order valence-corrected chi connectivity index (χ4v) is 1.67. The Morgan fingerprint density at radius 2 is 2.38 bits per heavy atom. The monoisotopic (exact) mass is 254 g/mol. The highest BCUT2D eigenvalue weighted by Gasteiger charge is 2.10. The maximum atomic E-state index is 5.83. The standard InChI is InChI=1S/C10H11ClN4S/c1-6(9(12)16)4-15-5-14-8-2-7(11)3-13-10(8)15/h2-3,5-6H,4H2,1H3,(H2,12,16). The van der Waals surface area contributed by atoms with E-state index in [1.807, 2.05) is 11.5 Å². The first kappa shape index (κ1) is 11.3. The summed E-state index contributed by atoms with van der Waals surface area (Å²) in [7, 11) is 0. The summed E-state index contributed by atoms with van der Waals surface area (Å²) >= 11 is 10.8. The summed E-state index contributed by atoms with van der Waals surface area (Å²) in [5.74, 6) is 0.116. The second kappa shape index (κ2) is 4.35. The third-order valence-corrected chi connectivity index (χ3v) is 2.99. The molecule has 1 atom stereocenters. The summed E-state index contributed by atoms with van der Waals surface area (Å²) in [4.78, 5) is 8.96. The van der Waals surface area contributed by atoms with Gasteiger partial charge in [-0.05, 0) is 6.07 Å². The molecule has 2 aromatic rings. The average Bonchev–Trinajstić information content (AvgIpc) is 2.60. The molecule has 0 aliphatic carbocycles. The lowest BCUT2D eigenvalue weighted by Gasteiger charge is -2.10. The molecule has 1 unspecified atom stereocenters. The van der Waals surface area contributed by atoms with Crippen LogP contribution in [0.25, 0.3) is 11.2 Å².